The van der Waals surface area contributed by atoms with Crippen LogP contribution >= 0.6 is 0 Å². The largest absolute Gasteiger partial charge is 0.342 e. The fourth-order valence-corrected chi connectivity index (χ4v) is 3.16. The lowest BCUT2D eigenvalue weighted by Crippen LogP contribution is -2.29. The van der Waals surface area contributed by atoms with E-state index in [0.29, 0.717) is 24.2 Å². The first-order valence-electron chi connectivity index (χ1n) is 7.78. The first-order chi connectivity index (χ1) is 11.2. The molecule has 0 aliphatic carbocycles. The van der Waals surface area contributed by atoms with E-state index in [0.717, 1.165) is 35.1 Å². The molecule has 118 valence electrons. The van der Waals surface area contributed by atoms with Crippen molar-refractivity contribution in [2.45, 2.75) is 45.6 Å². The zero-order chi connectivity index (χ0) is 16.4. The summed E-state index contributed by atoms with van der Waals surface area (Å²) < 4.78 is 1.85. The van der Waals surface area contributed by atoms with Crippen LogP contribution in [0.5, 0.6) is 0 Å². The van der Waals surface area contributed by atoms with Gasteiger partial charge in [-0.3, -0.25) is 9.67 Å². The monoisotopic (exact) mass is 310 g/mol. The molecule has 0 saturated carbocycles. The molecule has 0 spiro atoms. The topological polar surface area (TPSA) is 76.9 Å². The van der Waals surface area contributed by atoms with Crippen LogP contribution in [0.2, 0.25) is 0 Å². The first kappa shape index (κ1) is 15.2. The predicted molar refractivity (Wildman–Crippen MR) is 86.1 cm³/mol. The number of piperidine rings is 1. The maximum Gasteiger partial charge on any atom is 0.148 e. The summed E-state index contributed by atoms with van der Waals surface area (Å²) in [7, 11) is 0. The molecular formula is C17H18N4O2. The second kappa shape index (κ2) is 6.21. The quantitative estimate of drug-likeness (QED) is 0.878. The zero-order valence-corrected chi connectivity index (χ0v) is 13.2. The molecule has 2 aromatic heterocycles. The highest BCUT2D eigenvalue weighted by molar-refractivity contribution is 5.84. The summed E-state index contributed by atoms with van der Waals surface area (Å²) >= 11 is 0. The van der Waals surface area contributed by atoms with Crippen molar-refractivity contribution in [3.05, 3.63) is 35.0 Å². The molecule has 3 rings (SSSR count). The Morgan fingerprint density at radius 2 is 2.22 bits per heavy atom. The number of pyridine rings is 1. The lowest BCUT2D eigenvalue weighted by atomic mass is 10.0. The van der Waals surface area contributed by atoms with Crippen LogP contribution in [0, 0.1) is 6.92 Å². The molecule has 2 aromatic rings. The van der Waals surface area contributed by atoms with Crippen LogP contribution in [-0.2, 0) is 16.0 Å². The lowest BCUT2D eigenvalue weighted by molar-refractivity contribution is 0.438. The number of carbonyl (C=O) groups excluding carboxylic acids is 2. The van der Waals surface area contributed by atoms with Gasteiger partial charge in [-0.1, -0.05) is 13.3 Å². The molecule has 1 unspecified atom stereocenters. The van der Waals surface area contributed by atoms with Gasteiger partial charge in [-0.2, -0.15) is 5.10 Å². The average Bonchev–Trinajstić information content (AvgIpc) is 2.92. The second-order valence-electron chi connectivity index (χ2n) is 5.71. The van der Waals surface area contributed by atoms with Crippen LogP contribution in [0.4, 0.5) is 0 Å². The number of rotatable bonds is 3. The molecule has 1 N–H and O–H groups in total. The number of hydrogen-bond donors (Lipinski definition) is 1. The number of nitrogens with one attached hydrogen (secondary N) is 1. The third kappa shape index (κ3) is 2.59. The summed E-state index contributed by atoms with van der Waals surface area (Å²) in [4.78, 5) is 26.6. The van der Waals surface area contributed by atoms with Gasteiger partial charge in [0.15, 0.2) is 0 Å². The van der Waals surface area contributed by atoms with Crippen LogP contribution in [0.3, 0.4) is 0 Å². The number of hydrogen-bond acceptors (Lipinski definition) is 5. The van der Waals surface area contributed by atoms with E-state index in [2.05, 4.69) is 22.3 Å². The molecule has 1 fully saturated rings. The second-order valence-corrected chi connectivity index (χ2v) is 5.71. The van der Waals surface area contributed by atoms with Gasteiger partial charge in [0.2, 0.25) is 0 Å². The van der Waals surface area contributed by atoms with Gasteiger partial charge in [0.1, 0.15) is 29.3 Å². The predicted octanol–water partition coefficient (Wildman–Crippen LogP) is 2.05. The Labute approximate surface area is 133 Å². The summed E-state index contributed by atoms with van der Waals surface area (Å²) in [5.41, 5.74) is 3.61. The summed E-state index contributed by atoms with van der Waals surface area (Å²) in [6, 6.07) is 1.67. The number of aryl methyl sites for hydroxylation is 2. The summed E-state index contributed by atoms with van der Waals surface area (Å²) in [5.74, 6) is 3.73. The number of fused-ring (bicyclic) bond motifs is 1. The van der Waals surface area contributed by atoms with Crippen LogP contribution in [0.15, 0.2) is 23.7 Å². The molecule has 1 atom stereocenters. The molecule has 0 radical (unpaired) electrons. The molecule has 1 saturated heterocycles. The van der Waals surface area contributed by atoms with Crippen molar-refractivity contribution in [3.8, 4) is 0 Å². The Hall–Kier alpha value is -2.68. The van der Waals surface area contributed by atoms with E-state index in [4.69, 9.17) is 0 Å². The van der Waals surface area contributed by atoms with E-state index in [1.54, 1.807) is 6.20 Å². The van der Waals surface area contributed by atoms with Gasteiger partial charge < -0.3 is 5.32 Å². The highest BCUT2D eigenvalue weighted by Crippen LogP contribution is 2.31. The average molecular weight is 310 g/mol. The number of allylic oxidation sites excluding steroid dienone is 2. The van der Waals surface area contributed by atoms with Crippen LogP contribution in [0.25, 0.3) is 10.9 Å². The van der Waals surface area contributed by atoms with Gasteiger partial charge in [0, 0.05) is 18.0 Å². The highest BCUT2D eigenvalue weighted by atomic mass is 16.1. The molecule has 1 aliphatic rings. The minimum absolute atomic E-state index is 0.252. The van der Waals surface area contributed by atoms with Crippen molar-refractivity contribution < 1.29 is 9.59 Å². The number of aromatic nitrogens is 3. The third-order valence-electron chi connectivity index (χ3n) is 4.18. The van der Waals surface area contributed by atoms with Crippen molar-refractivity contribution in [2.24, 2.45) is 0 Å². The maximum absolute atomic E-state index is 11.3. The van der Waals surface area contributed by atoms with Crippen molar-refractivity contribution in [2.75, 3.05) is 0 Å². The standard InChI is InChI=1S/C17H18N4O2/c1-3-4-13-17-11(2)20-21(16(17)7-8-18-13)15-6-5-12(9-22)19-14(15)10-23/h7-8,15,19H,3-6H2,1-2H3. The third-order valence-corrected chi connectivity index (χ3v) is 4.18. The van der Waals surface area contributed by atoms with E-state index < -0.39 is 0 Å². The smallest absolute Gasteiger partial charge is 0.148 e. The minimum Gasteiger partial charge on any atom is -0.342 e. The van der Waals surface area contributed by atoms with Gasteiger partial charge >= 0.3 is 0 Å². The Bertz CT molecular complexity index is 855. The van der Waals surface area contributed by atoms with Crippen molar-refractivity contribution in [1.82, 2.24) is 20.1 Å². The van der Waals surface area contributed by atoms with Crippen LogP contribution < -0.4 is 5.32 Å². The van der Waals surface area contributed by atoms with E-state index >= 15 is 0 Å². The normalized spacial score (nSPS) is 17.7. The van der Waals surface area contributed by atoms with Gasteiger partial charge in [-0.25, -0.2) is 9.59 Å². The fourth-order valence-electron chi connectivity index (χ4n) is 3.16. The molecule has 3 heterocycles. The molecule has 6 heteroatoms. The Morgan fingerprint density at radius 1 is 1.39 bits per heavy atom. The number of nitrogens with zero attached hydrogens (tertiary/aromatic N) is 3. The summed E-state index contributed by atoms with van der Waals surface area (Å²) in [5, 5.41) is 8.51. The lowest BCUT2D eigenvalue weighted by Gasteiger charge is -2.25. The van der Waals surface area contributed by atoms with Crippen molar-refractivity contribution >= 4 is 22.8 Å². The van der Waals surface area contributed by atoms with E-state index in [1.165, 1.54) is 0 Å². The zero-order valence-electron chi connectivity index (χ0n) is 13.2. The Balaban J connectivity index is 2.12. The molecule has 6 nitrogen and oxygen atoms in total. The maximum atomic E-state index is 11.3. The van der Waals surface area contributed by atoms with Gasteiger partial charge in [-0.05, 0) is 25.8 Å². The summed E-state index contributed by atoms with van der Waals surface area (Å²) in [6.45, 7) is 4.07. The van der Waals surface area contributed by atoms with Crippen LogP contribution in [0.1, 0.15) is 43.6 Å². The minimum atomic E-state index is -0.252. The first-order valence-corrected chi connectivity index (χ1v) is 7.78. The van der Waals surface area contributed by atoms with E-state index in [-0.39, 0.29) is 6.04 Å². The van der Waals surface area contributed by atoms with Gasteiger partial charge in [0.25, 0.3) is 0 Å². The molecule has 0 aromatic carbocycles. The molecule has 0 bridgehead atoms. The fraction of sp³-hybridized carbons (Fsp3) is 0.412. The van der Waals surface area contributed by atoms with E-state index in [1.807, 2.05) is 29.6 Å². The highest BCUT2D eigenvalue weighted by Gasteiger charge is 2.27. The SMILES string of the molecule is CCCc1nccc2c1c(C)nn2C1CCC(=C=O)NC1=C=O. The molecule has 0 amide bonds. The Kier molecular flexibility index (Phi) is 4.11. The molecular weight excluding hydrogens is 292 g/mol. The van der Waals surface area contributed by atoms with Gasteiger partial charge in [-0.15, -0.1) is 0 Å². The van der Waals surface area contributed by atoms with Crippen LogP contribution in [-0.4, -0.2) is 26.6 Å². The van der Waals surface area contributed by atoms with Crippen molar-refractivity contribution in [1.29, 1.82) is 0 Å². The van der Waals surface area contributed by atoms with Gasteiger partial charge in [0.05, 0.1) is 16.9 Å². The van der Waals surface area contributed by atoms with Crippen molar-refractivity contribution in [3.63, 3.8) is 0 Å². The Morgan fingerprint density at radius 3 is 2.91 bits per heavy atom. The molecule has 1 aliphatic heterocycles. The molecule has 23 heavy (non-hydrogen) atoms. The summed E-state index contributed by atoms with van der Waals surface area (Å²) in [6.07, 6.45) is 4.83. The van der Waals surface area contributed by atoms with E-state index in [9.17, 15) is 9.59 Å².